The molecule has 0 bridgehead atoms. The summed E-state index contributed by atoms with van der Waals surface area (Å²) >= 11 is 0. The van der Waals surface area contributed by atoms with Crippen molar-refractivity contribution in [2.75, 3.05) is 40.9 Å². The van der Waals surface area contributed by atoms with Gasteiger partial charge in [0.05, 0.1) is 6.67 Å². The van der Waals surface area contributed by atoms with E-state index >= 15 is 0 Å². The van der Waals surface area contributed by atoms with Crippen molar-refractivity contribution in [3.05, 3.63) is 12.4 Å². The molecule has 0 saturated carbocycles. The lowest BCUT2D eigenvalue weighted by Crippen LogP contribution is -2.25. The van der Waals surface area contributed by atoms with Gasteiger partial charge in [-0.2, -0.15) is 0 Å². The Morgan fingerprint density at radius 3 is 2.58 bits per heavy atom. The Balaban J connectivity index is 2.05. The van der Waals surface area contributed by atoms with Gasteiger partial charge in [-0.05, 0) is 27.1 Å². The zero-order valence-electron chi connectivity index (χ0n) is 8.32. The van der Waals surface area contributed by atoms with E-state index in [2.05, 4.69) is 48.2 Å². The first kappa shape index (κ1) is 9.39. The van der Waals surface area contributed by atoms with Crippen molar-refractivity contribution in [2.24, 2.45) is 0 Å². The third-order valence-electron chi connectivity index (χ3n) is 1.99. The van der Waals surface area contributed by atoms with Crippen molar-refractivity contribution >= 4 is 0 Å². The summed E-state index contributed by atoms with van der Waals surface area (Å²) in [7, 11) is 6.33. The van der Waals surface area contributed by atoms with Crippen molar-refractivity contribution < 1.29 is 0 Å². The van der Waals surface area contributed by atoms with E-state index in [-0.39, 0.29) is 0 Å². The largest absolute Gasteiger partial charge is 0.362 e. The van der Waals surface area contributed by atoms with Crippen LogP contribution in [0.1, 0.15) is 6.42 Å². The first-order valence-corrected chi connectivity index (χ1v) is 4.46. The summed E-state index contributed by atoms with van der Waals surface area (Å²) in [6.45, 7) is 3.39. The first-order chi connectivity index (χ1) is 5.68. The molecule has 3 nitrogen and oxygen atoms in total. The van der Waals surface area contributed by atoms with Crippen molar-refractivity contribution in [3.8, 4) is 0 Å². The van der Waals surface area contributed by atoms with Gasteiger partial charge in [0.25, 0.3) is 0 Å². The van der Waals surface area contributed by atoms with Crippen molar-refractivity contribution in [3.63, 3.8) is 0 Å². The van der Waals surface area contributed by atoms with Crippen LogP contribution in [0.25, 0.3) is 0 Å². The molecule has 12 heavy (non-hydrogen) atoms. The molecule has 1 rings (SSSR count). The highest BCUT2D eigenvalue weighted by Gasteiger charge is 2.06. The molecule has 3 heteroatoms. The minimum atomic E-state index is 1.05. The van der Waals surface area contributed by atoms with Crippen molar-refractivity contribution in [1.29, 1.82) is 0 Å². The fourth-order valence-corrected chi connectivity index (χ4v) is 1.32. The van der Waals surface area contributed by atoms with Crippen LogP contribution in [-0.4, -0.2) is 55.6 Å². The van der Waals surface area contributed by atoms with Gasteiger partial charge in [0.2, 0.25) is 0 Å². The Kier molecular flexibility index (Phi) is 3.41. The summed E-state index contributed by atoms with van der Waals surface area (Å²) in [5.41, 5.74) is 0. The van der Waals surface area contributed by atoms with E-state index in [0.29, 0.717) is 0 Å². The summed E-state index contributed by atoms with van der Waals surface area (Å²) in [6, 6.07) is 0. The van der Waals surface area contributed by atoms with Gasteiger partial charge in [-0.1, -0.05) is 0 Å². The molecule has 0 spiro atoms. The Hall–Kier alpha value is -0.700. The second kappa shape index (κ2) is 4.36. The van der Waals surface area contributed by atoms with Gasteiger partial charge in [0, 0.05) is 26.0 Å². The molecular weight excluding hydrogens is 150 g/mol. The van der Waals surface area contributed by atoms with Crippen molar-refractivity contribution in [2.45, 2.75) is 6.42 Å². The first-order valence-electron chi connectivity index (χ1n) is 4.46. The van der Waals surface area contributed by atoms with E-state index in [1.807, 2.05) is 0 Å². The second-order valence-electron chi connectivity index (χ2n) is 3.67. The van der Waals surface area contributed by atoms with Gasteiger partial charge in [-0.15, -0.1) is 0 Å². The summed E-state index contributed by atoms with van der Waals surface area (Å²) < 4.78 is 0. The van der Waals surface area contributed by atoms with Gasteiger partial charge in [-0.25, -0.2) is 0 Å². The average molecular weight is 169 g/mol. The van der Waals surface area contributed by atoms with Crippen molar-refractivity contribution in [1.82, 2.24) is 14.7 Å². The van der Waals surface area contributed by atoms with Crippen LogP contribution in [0.4, 0.5) is 0 Å². The molecule has 0 saturated heterocycles. The summed E-state index contributed by atoms with van der Waals surface area (Å²) in [6.07, 6.45) is 5.52. The lowest BCUT2D eigenvalue weighted by molar-refractivity contribution is 0.278. The van der Waals surface area contributed by atoms with Crippen LogP contribution < -0.4 is 0 Å². The molecule has 0 fully saturated rings. The lowest BCUT2D eigenvalue weighted by atomic mass is 10.4. The molecule has 1 aliphatic heterocycles. The molecule has 1 heterocycles. The average Bonchev–Trinajstić information content (AvgIpc) is 2.35. The minimum Gasteiger partial charge on any atom is -0.362 e. The predicted molar refractivity (Wildman–Crippen MR) is 51.6 cm³/mol. The predicted octanol–water partition coefficient (Wildman–Crippen LogP) is 0.614. The van der Waals surface area contributed by atoms with Gasteiger partial charge < -0.3 is 14.7 Å². The number of nitrogens with zero attached hydrogens (tertiary/aromatic N) is 3. The molecule has 0 radical (unpaired) electrons. The SMILES string of the molecule is CN(C)CCCN1C=CN(C)C1. The molecule has 70 valence electrons. The fourth-order valence-electron chi connectivity index (χ4n) is 1.32. The second-order valence-corrected chi connectivity index (χ2v) is 3.67. The number of hydrogen-bond donors (Lipinski definition) is 0. The Morgan fingerprint density at radius 1 is 1.33 bits per heavy atom. The lowest BCUT2D eigenvalue weighted by Gasteiger charge is -2.18. The van der Waals surface area contributed by atoms with Crippen LogP contribution in [0.2, 0.25) is 0 Å². The van der Waals surface area contributed by atoms with Gasteiger partial charge in [0.15, 0.2) is 0 Å². The van der Waals surface area contributed by atoms with Crippen LogP contribution in [-0.2, 0) is 0 Å². The molecule has 0 N–H and O–H groups in total. The highest BCUT2D eigenvalue weighted by atomic mass is 15.3. The van der Waals surface area contributed by atoms with Gasteiger partial charge in [-0.3, -0.25) is 0 Å². The number of hydrogen-bond acceptors (Lipinski definition) is 3. The third kappa shape index (κ3) is 3.13. The Labute approximate surface area is 75.2 Å². The summed E-state index contributed by atoms with van der Waals surface area (Å²) in [5.74, 6) is 0. The molecule has 1 aliphatic rings. The maximum absolute atomic E-state index is 2.34. The van der Waals surface area contributed by atoms with Crippen LogP contribution in [0, 0.1) is 0 Å². The molecule has 0 aromatic rings. The highest BCUT2D eigenvalue weighted by Crippen LogP contribution is 2.03. The molecule has 0 amide bonds. The van der Waals surface area contributed by atoms with E-state index < -0.39 is 0 Å². The topological polar surface area (TPSA) is 9.72 Å². The maximum atomic E-state index is 2.34. The highest BCUT2D eigenvalue weighted by molar-refractivity contribution is 4.88. The van der Waals surface area contributed by atoms with E-state index in [4.69, 9.17) is 0 Å². The quantitative estimate of drug-likeness (QED) is 0.610. The van der Waals surface area contributed by atoms with E-state index in [1.165, 1.54) is 19.5 Å². The van der Waals surface area contributed by atoms with E-state index in [0.717, 1.165) is 6.67 Å². The molecule has 0 unspecified atom stereocenters. The summed E-state index contributed by atoms with van der Waals surface area (Å²) in [5, 5.41) is 0. The minimum absolute atomic E-state index is 1.05. The maximum Gasteiger partial charge on any atom is 0.0890 e. The molecule has 0 aromatic carbocycles. The normalized spacial score (nSPS) is 16.7. The van der Waals surface area contributed by atoms with Crippen LogP contribution >= 0.6 is 0 Å². The standard InChI is InChI=1S/C9H19N3/c1-10(2)5-4-6-12-8-7-11(3)9-12/h7-8H,4-6,9H2,1-3H3. The van der Waals surface area contributed by atoms with Crippen LogP contribution in [0.5, 0.6) is 0 Å². The molecule has 0 atom stereocenters. The molecular formula is C9H19N3. The van der Waals surface area contributed by atoms with Crippen LogP contribution in [0.3, 0.4) is 0 Å². The summed E-state index contributed by atoms with van der Waals surface area (Å²) in [4.78, 5) is 6.75. The third-order valence-corrected chi connectivity index (χ3v) is 1.99. The van der Waals surface area contributed by atoms with Gasteiger partial charge >= 0.3 is 0 Å². The smallest absolute Gasteiger partial charge is 0.0890 e. The van der Waals surface area contributed by atoms with E-state index in [9.17, 15) is 0 Å². The monoisotopic (exact) mass is 169 g/mol. The molecule has 0 aromatic heterocycles. The zero-order valence-corrected chi connectivity index (χ0v) is 8.32. The molecule has 0 aliphatic carbocycles. The zero-order chi connectivity index (χ0) is 8.97. The Morgan fingerprint density at radius 2 is 2.08 bits per heavy atom. The number of rotatable bonds is 4. The Bertz CT molecular complexity index is 154. The van der Waals surface area contributed by atoms with Gasteiger partial charge in [0.1, 0.15) is 0 Å². The van der Waals surface area contributed by atoms with Crippen LogP contribution in [0.15, 0.2) is 12.4 Å². The van der Waals surface area contributed by atoms with E-state index in [1.54, 1.807) is 0 Å². The fraction of sp³-hybridized carbons (Fsp3) is 0.778.